The topological polar surface area (TPSA) is 99.4 Å². The molecule has 0 fully saturated rings. The lowest BCUT2D eigenvalue weighted by molar-refractivity contribution is 0.00522. The lowest BCUT2D eigenvalue weighted by Gasteiger charge is -2.08. The summed E-state index contributed by atoms with van der Waals surface area (Å²) in [7, 11) is 0. The van der Waals surface area contributed by atoms with Crippen LogP contribution in [0.2, 0.25) is 0 Å². The molecule has 0 spiro atoms. The molecule has 24 heavy (non-hydrogen) atoms. The summed E-state index contributed by atoms with van der Waals surface area (Å²) >= 11 is 0. The van der Waals surface area contributed by atoms with Crippen LogP contribution in [0.1, 0.15) is 64.2 Å². The number of hydrogen-bond acceptors (Lipinski definition) is 6. The fraction of sp³-hybridized carbons (Fsp3) is 1.00. The molecule has 2 unspecified atom stereocenters. The molecule has 6 nitrogen and oxygen atoms in total. The zero-order valence-corrected chi connectivity index (χ0v) is 15.1. The van der Waals surface area contributed by atoms with E-state index in [9.17, 15) is 0 Å². The molecular weight excluding hydrogens is 312 g/mol. The van der Waals surface area contributed by atoms with Crippen LogP contribution in [0.15, 0.2) is 0 Å². The van der Waals surface area contributed by atoms with Gasteiger partial charge in [0.2, 0.25) is 0 Å². The van der Waals surface area contributed by atoms with Crippen LogP contribution in [0.25, 0.3) is 0 Å². The third kappa shape index (κ3) is 18.1. The first-order valence-electron chi connectivity index (χ1n) is 9.44. The van der Waals surface area contributed by atoms with Gasteiger partial charge in [0.25, 0.3) is 0 Å². The van der Waals surface area contributed by atoms with Gasteiger partial charge in [-0.25, -0.2) is 0 Å². The van der Waals surface area contributed by atoms with Crippen molar-refractivity contribution >= 4 is 0 Å². The third-order valence-electron chi connectivity index (χ3n) is 3.87. The van der Waals surface area contributed by atoms with Gasteiger partial charge in [-0.05, 0) is 12.8 Å². The number of hydrogen-bond donors (Lipinski definition) is 4. The molecule has 0 heterocycles. The highest BCUT2D eigenvalue weighted by atomic mass is 16.5. The van der Waals surface area contributed by atoms with Gasteiger partial charge in [-0.15, -0.1) is 0 Å². The maximum atomic E-state index is 9.09. The van der Waals surface area contributed by atoms with E-state index in [2.05, 4.69) is 0 Å². The molecule has 0 aliphatic heterocycles. The molecule has 4 N–H and O–H groups in total. The van der Waals surface area contributed by atoms with Crippen molar-refractivity contribution in [2.45, 2.75) is 76.4 Å². The average Bonchev–Trinajstić information content (AvgIpc) is 2.60. The second-order valence-electron chi connectivity index (χ2n) is 6.36. The molecule has 0 aliphatic carbocycles. The van der Waals surface area contributed by atoms with Gasteiger partial charge in [-0.1, -0.05) is 51.4 Å². The smallest absolute Gasteiger partial charge is 0.100 e. The molecule has 6 heteroatoms. The average molecular weight is 350 g/mol. The number of ether oxygens (including phenoxy) is 2. The number of aliphatic hydroxyl groups excluding tert-OH is 4. The van der Waals surface area contributed by atoms with Crippen LogP contribution in [-0.4, -0.2) is 72.3 Å². The van der Waals surface area contributed by atoms with Crippen molar-refractivity contribution in [3.8, 4) is 0 Å². The van der Waals surface area contributed by atoms with Crippen LogP contribution in [-0.2, 0) is 9.47 Å². The van der Waals surface area contributed by atoms with Crippen molar-refractivity contribution < 1.29 is 29.9 Å². The van der Waals surface area contributed by atoms with E-state index in [0.29, 0.717) is 13.2 Å². The van der Waals surface area contributed by atoms with Crippen molar-refractivity contribution in [1.82, 2.24) is 0 Å². The Morgan fingerprint density at radius 2 is 0.792 bits per heavy atom. The van der Waals surface area contributed by atoms with Crippen molar-refractivity contribution in [3.63, 3.8) is 0 Å². The Morgan fingerprint density at radius 3 is 1.08 bits per heavy atom. The Balaban J connectivity index is 3.03. The molecule has 0 aromatic heterocycles. The summed E-state index contributed by atoms with van der Waals surface area (Å²) in [6.45, 7) is 1.30. The fourth-order valence-electron chi connectivity index (χ4n) is 2.37. The van der Waals surface area contributed by atoms with E-state index in [1.54, 1.807) is 0 Å². The lowest BCUT2D eigenvalue weighted by Crippen LogP contribution is -2.19. The van der Waals surface area contributed by atoms with Crippen LogP contribution in [0.5, 0.6) is 0 Å². The minimum absolute atomic E-state index is 0.226. The first-order chi connectivity index (χ1) is 11.7. The van der Waals surface area contributed by atoms with Gasteiger partial charge < -0.3 is 29.9 Å². The van der Waals surface area contributed by atoms with E-state index in [-0.39, 0.29) is 26.4 Å². The van der Waals surface area contributed by atoms with Crippen LogP contribution >= 0.6 is 0 Å². The lowest BCUT2D eigenvalue weighted by atomic mass is 10.1. The molecule has 0 amide bonds. The quantitative estimate of drug-likeness (QED) is 0.264. The van der Waals surface area contributed by atoms with Gasteiger partial charge >= 0.3 is 0 Å². The molecule has 0 aliphatic rings. The van der Waals surface area contributed by atoms with E-state index in [1.165, 1.54) is 38.5 Å². The van der Waals surface area contributed by atoms with Crippen molar-refractivity contribution in [2.75, 3.05) is 39.6 Å². The Labute approximate surface area is 146 Å². The number of rotatable bonds is 19. The van der Waals surface area contributed by atoms with Crippen molar-refractivity contribution in [1.29, 1.82) is 0 Å². The monoisotopic (exact) mass is 350 g/mol. The van der Waals surface area contributed by atoms with Gasteiger partial charge in [0, 0.05) is 13.2 Å². The van der Waals surface area contributed by atoms with Crippen molar-refractivity contribution in [3.05, 3.63) is 0 Å². The molecule has 0 saturated heterocycles. The molecule has 0 bridgehead atoms. The van der Waals surface area contributed by atoms with Gasteiger partial charge in [0.1, 0.15) is 12.2 Å². The largest absolute Gasteiger partial charge is 0.394 e. The third-order valence-corrected chi connectivity index (χ3v) is 3.87. The maximum absolute atomic E-state index is 9.09. The standard InChI is InChI=1S/C18H38O6/c19-13-17(21)15-23-11-9-7-5-3-1-2-4-6-8-10-12-24-16-18(22)14-20/h17-22H,1-16H2. The Hall–Kier alpha value is -0.240. The second kappa shape index (κ2) is 19.1. The first kappa shape index (κ1) is 23.8. The first-order valence-corrected chi connectivity index (χ1v) is 9.44. The predicted octanol–water partition coefficient (Wildman–Crippen LogP) is 1.63. The number of unbranched alkanes of at least 4 members (excludes halogenated alkanes) is 9. The molecule has 0 rings (SSSR count). The summed E-state index contributed by atoms with van der Waals surface area (Å²) in [5.74, 6) is 0. The fourth-order valence-corrected chi connectivity index (χ4v) is 2.37. The molecule has 0 saturated carbocycles. The summed E-state index contributed by atoms with van der Waals surface area (Å²) in [5.41, 5.74) is 0. The molecule has 146 valence electrons. The zero-order chi connectivity index (χ0) is 17.9. The molecule has 0 aromatic rings. The van der Waals surface area contributed by atoms with E-state index < -0.39 is 12.2 Å². The Morgan fingerprint density at radius 1 is 0.500 bits per heavy atom. The highest BCUT2D eigenvalue weighted by molar-refractivity contribution is 4.51. The second-order valence-corrected chi connectivity index (χ2v) is 6.36. The minimum Gasteiger partial charge on any atom is -0.394 e. The Bertz CT molecular complexity index is 216. The van der Waals surface area contributed by atoms with E-state index in [0.717, 1.165) is 25.7 Å². The maximum Gasteiger partial charge on any atom is 0.100 e. The highest BCUT2D eigenvalue weighted by Crippen LogP contribution is 2.10. The summed E-state index contributed by atoms with van der Waals surface area (Å²) in [6.07, 6.45) is 10.4. The van der Waals surface area contributed by atoms with Crippen molar-refractivity contribution in [2.24, 2.45) is 0 Å². The summed E-state index contributed by atoms with van der Waals surface area (Å²) in [4.78, 5) is 0. The highest BCUT2D eigenvalue weighted by Gasteiger charge is 2.01. The minimum atomic E-state index is -0.747. The Kier molecular flexibility index (Phi) is 18.9. The van der Waals surface area contributed by atoms with Gasteiger partial charge in [0.15, 0.2) is 0 Å². The van der Waals surface area contributed by atoms with Gasteiger partial charge in [-0.3, -0.25) is 0 Å². The van der Waals surface area contributed by atoms with E-state index >= 15 is 0 Å². The molecule has 0 radical (unpaired) electrons. The molecule has 2 atom stereocenters. The molecular formula is C18H38O6. The summed E-state index contributed by atoms with van der Waals surface area (Å²) < 4.78 is 10.5. The van der Waals surface area contributed by atoms with Crippen LogP contribution in [0.4, 0.5) is 0 Å². The number of aliphatic hydroxyl groups is 4. The SMILES string of the molecule is OCC(O)COCCCCCCCCCCCCOCC(O)CO. The van der Waals surface area contributed by atoms with Gasteiger partial charge in [0.05, 0.1) is 26.4 Å². The summed E-state index contributed by atoms with van der Waals surface area (Å²) in [6, 6.07) is 0. The van der Waals surface area contributed by atoms with Gasteiger partial charge in [-0.2, -0.15) is 0 Å². The van der Waals surface area contributed by atoms with Crippen LogP contribution in [0, 0.1) is 0 Å². The molecule has 0 aromatic carbocycles. The van der Waals surface area contributed by atoms with E-state index in [4.69, 9.17) is 29.9 Å². The summed E-state index contributed by atoms with van der Waals surface area (Å²) in [5, 5.41) is 35.4. The predicted molar refractivity (Wildman–Crippen MR) is 94.0 cm³/mol. The normalized spacial score (nSPS) is 14.0. The van der Waals surface area contributed by atoms with E-state index in [1.807, 2.05) is 0 Å². The van der Waals surface area contributed by atoms with Crippen LogP contribution in [0.3, 0.4) is 0 Å². The van der Waals surface area contributed by atoms with Crippen LogP contribution < -0.4 is 0 Å². The zero-order valence-electron chi connectivity index (χ0n) is 15.1.